The lowest BCUT2D eigenvalue weighted by atomic mass is 10.0. The molecule has 78 valence electrons. The van der Waals surface area contributed by atoms with Crippen LogP contribution in [0.3, 0.4) is 0 Å². The molecule has 0 aliphatic carbocycles. The van der Waals surface area contributed by atoms with E-state index in [2.05, 4.69) is 0 Å². The molecule has 3 heteroatoms. The van der Waals surface area contributed by atoms with Crippen LogP contribution >= 0.6 is 0 Å². The highest BCUT2D eigenvalue weighted by Gasteiger charge is 2.08. The van der Waals surface area contributed by atoms with Crippen molar-refractivity contribution in [1.82, 2.24) is 0 Å². The van der Waals surface area contributed by atoms with Crippen molar-refractivity contribution in [2.75, 3.05) is 13.2 Å². The fourth-order valence-electron chi connectivity index (χ4n) is 1.27. The van der Waals surface area contributed by atoms with Crippen LogP contribution in [-0.4, -0.2) is 18.3 Å². The molecule has 1 rings (SSSR count). The molecule has 0 aromatic heterocycles. The third kappa shape index (κ3) is 2.70. The standard InChI is InChI=1S/C11H15FO2/c1-8(2)10-4-3-9(12)7-11(10)14-6-5-13/h3-4,7-8,13H,5-6H2,1-2H3. The van der Waals surface area contributed by atoms with Crippen molar-refractivity contribution >= 4 is 0 Å². The van der Waals surface area contributed by atoms with Crippen LogP contribution in [0.4, 0.5) is 4.39 Å². The van der Waals surface area contributed by atoms with Gasteiger partial charge in [0.05, 0.1) is 6.61 Å². The van der Waals surface area contributed by atoms with Crippen LogP contribution in [0.25, 0.3) is 0 Å². The molecule has 0 fully saturated rings. The molecule has 2 nitrogen and oxygen atoms in total. The van der Waals surface area contributed by atoms with Crippen LogP contribution in [0.1, 0.15) is 25.3 Å². The zero-order chi connectivity index (χ0) is 10.6. The Morgan fingerprint density at radius 2 is 2.14 bits per heavy atom. The highest BCUT2D eigenvalue weighted by molar-refractivity contribution is 5.36. The number of halogens is 1. The summed E-state index contributed by atoms with van der Waals surface area (Å²) in [7, 11) is 0. The first-order valence-electron chi connectivity index (χ1n) is 4.68. The molecule has 0 aliphatic rings. The molecule has 0 aliphatic heterocycles. The summed E-state index contributed by atoms with van der Waals surface area (Å²) in [6, 6.07) is 4.48. The summed E-state index contributed by atoms with van der Waals surface area (Å²) in [4.78, 5) is 0. The quantitative estimate of drug-likeness (QED) is 0.804. The van der Waals surface area contributed by atoms with Gasteiger partial charge in [0.25, 0.3) is 0 Å². The van der Waals surface area contributed by atoms with Crippen LogP contribution < -0.4 is 4.74 Å². The van der Waals surface area contributed by atoms with E-state index in [0.29, 0.717) is 5.75 Å². The van der Waals surface area contributed by atoms with Gasteiger partial charge in [0.1, 0.15) is 18.2 Å². The number of hydrogen-bond acceptors (Lipinski definition) is 2. The maximum absolute atomic E-state index is 12.9. The van der Waals surface area contributed by atoms with Crippen molar-refractivity contribution in [3.05, 3.63) is 29.6 Å². The first-order valence-corrected chi connectivity index (χ1v) is 4.68. The van der Waals surface area contributed by atoms with E-state index in [0.717, 1.165) is 5.56 Å². The van der Waals surface area contributed by atoms with Gasteiger partial charge in [0.2, 0.25) is 0 Å². The maximum Gasteiger partial charge on any atom is 0.126 e. The van der Waals surface area contributed by atoms with Gasteiger partial charge in [-0.2, -0.15) is 0 Å². The van der Waals surface area contributed by atoms with Crippen LogP contribution in [0.5, 0.6) is 5.75 Å². The Morgan fingerprint density at radius 1 is 1.43 bits per heavy atom. The number of rotatable bonds is 4. The van der Waals surface area contributed by atoms with Crippen molar-refractivity contribution < 1.29 is 14.2 Å². The summed E-state index contributed by atoms with van der Waals surface area (Å²) < 4.78 is 18.1. The Morgan fingerprint density at radius 3 is 2.71 bits per heavy atom. The molecule has 0 unspecified atom stereocenters. The van der Waals surface area contributed by atoms with Gasteiger partial charge in [-0.3, -0.25) is 0 Å². The van der Waals surface area contributed by atoms with Crippen LogP contribution in [0, 0.1) is 5.82 Å². The lowest BCUT2D eigenvalue weighted by Gasteiger charge is -2.13. The van der Waals surface area contributed by atoms with E-state index in [1.807, 2.05) is 13.8 Å². The van der Waals surface area contributed by atoms with E-state index in [-0.39, 0.29) is 24.9 Å². The lowest BCUT2D eigenvalue weighted by molar-refractivity contribution is 0.199. The fraction of sp³-hybridized carbons (Fsp3) is 0.455. The van der Waals surface area contributed by atoms with Gasteiger partial charge in [-0.1, -0.05) is 19.9 Å². The van der Waals surface area contributed by atoms with E-state index < -0.39 is 0 Å². The smallest absolute Gasteiger partial charge is 0.126 e. The van der Waals surface area contributed by atoms with Crippen molar-refractivity contribution in [2.24, 2.45) is 0 Å². The average Bonchev–Trinajstić information content (AvgIpc) is 2.14. The highest BCUT2D eigenvalue weighted by Crippen LogP contribution is 2.26. The van der Waals surface area contributed by atoms with E-state index in [1.165, 1.54) is 12.1 Å². The van der Waals surface area contributed by atoms with Crippen LogP contribution in [-0.2, 0) is 0 Å². The van der Waals surface area contributed by atoms with E-state index in [4.69, 9.17) is 9.84 Å². The zero-order valence-electron chi connectivity index (χ0n) is 8.46. The second kappa shape index (κ2) is 4.96. The van der Waals surface area contributed by atoms with Gasteiger partial charge in [-0.15, -0.1) is 0 Å². The van der Waals surface area contributed by atoms with Crippen molar-refractivity contribution in [2.45, 2.75) is 19.8 Å². The summed E-state index contributed by atoms with van der Waals surface area (Å²) in [6.45, 7) is 4.16. The molecule has 0 saturated heterocycles. The Balaban J connectivity index is 2.91. The van der Waals surface area contributed by atoms with Crippen molar-refractivity contribution in [1.29, 1.82) is 0 Å². The third-order valence-corrected chi connectivity index (χ3v) is 1.95. The van der Waals surface area contributed by atoms with E-state index >= 15 is 0 Å². The average molecular weight is 198 g/mol. The largest absolute Gasteiger partial charge is 0.491 e. The Bertz CT molecular complexity index is 297. The van der Waals surface area contributed by atoms with Crippen molar-refractivity contribution in [3.8, 4) is 5.75 Å². The Labute approximate surface area is 83.3 Å². The molecular weight excluding hydrogens is 183 g/mol. The predicted molar refractivity (Wildman–Crippen MR) is 53.1 cm³/mol. The molecule has 0 atom stereocenters. The molecule has 0 amide bonds. The van der Waals surface area contributed by atoms with Crippen molar-refractivity contribution in [3.63, 3.8) is 0 Å². The molecule has 14 heavy (non-hydrogen) atoms. The molecule has 1 aromatic rings. The van der Waals surface area contributed by atoms with E-state index in [9.17, 15) is 4.39 Å². The molecule has 0 saturated carbocycles. The molecule has 0 heterocycles. The SMILES string of the molecule is CC(C)c1ccc(F)cc1OCCO. The van der Waals surface area contributed by atoms with Gasteiger partial charge in [0.15, 0.2) is 0 Å². The van der Waals surface area contributed by atoms with Gasteiger partial charge in [0, 0.05) is 6.07 Å². The summed E-state index contributed by atoms with van der Waals surface area (Å²) >= 11 is 0. The summed E-state index contributed by atoms with van der Waals surface area (Å²) in [6.07, 6.45) is 0. The van der Waals surface area contributed by atoms with Crippen LogP contribution in [0.2, 0.25) is 0 Å². The maximum atomic E-state index is 12.9. The van der Waals surface area contributed by atoms with Crippen LogP contribution in [0.15, 0.2) is 18.2 Å². The second-order valence-electron chi connectivity index (χ2n) is 3.41. The second-order valence-corrected chi connectivity index (χ2v) is 3.41. The molecular formula is C11H15FO2. The summed E-state index contributed by atoms with van der Waals surface area (Å²) in [5.74, 6) is 0.487. The number of aliphatic hydroxyl groups is 1. The molecule has 1 aromatic carbocycles. The lowest BCUT2D eigenvalue weighted by Crippen LogP contribution is -2.04. The molecule has 0 radical (unpaired) electrons. The normalized spacial score (nSPS) is 10.6. The number of benzene rings is 1. The number of ether oxygens (including phenoxy) is 1. The minimum atomic E-state index is -0.317. The van der Waals surface area contributed by atoms with E-state index in [1.54, 1.807) is 6.07 Å². The monoisotopic (exact) mass is 198 g/mol. The Kier molecular flexibility index (Phi) is 3.89. The van der Waals surface area contributed by atoms with Gasteiger partial charge < -0.3 is 9.84 Å². The van der Waals surface area contributed by atoms with Gasteiger partial charge >= 0.3 is 0 Å². The summed E-state index contributed by atoms with van der Waals surface area (Å²) in [5.41, 5.74) is 0.958. The predicted octanol–water partition coefficient (Wildman–Crippen LogP) is 2.32. The Hall–Kier alpha value is -1.09. The highest BCUT2D eigenvalue weighted by atomic mass is 19.1. The first kappa shape index (κ1) is 11.0. The number of aliphatic hydroxyl groups excluding tert-OH is 1. The van der Waals surface area contributed by atoms with Gasteiger partial charge in [-0.25, -0.2) is 4.39 Å². The first-order chi connectivity index (χ1) is 6.65. The number of hydrogen-bond donors (Lipinski definition) is 1. The third-order valence-electron chi connectivity index (χ3n) is 1.95. The topological polar surface area (TPSA) is 29.5 Å². The van der Waals surface area contributed by atoms with Gasteiger partial charge in [-0.05, 0) is 17.5 Å². The summed E-state index contributed by atoms with van der Waals surface area (Å²) in [5, 5.41) is 8.61. The molecule has 0 spiro atoms. The fourth-order valence-corrected chi connectivity index (χ4v) is 1.27. The molecule has 0 bridgehead atoms. The minimum absolute atomic E-state index is 0.0615. The minimum Gasteiger partial charge on any atom is -0.491 e. The molecule has 1 N–H and O–H groups in total. The zero-order valence-corrected chi connectivity index (χ0v) is 8.46.